The minimum absolute atomic E-state index is 0.0414. The molecule has 0 saturated heterocycles. The zero-order chi connectivity index (χ0) is 20.2. The molecule has 12 heteroatoms. The molecule has 144 valence electrons. The zero-order valence-corrected chi connectivity index (χ0v) is 13.7. The van der Waals surface area contributed by atoms with Gasteiger partial charge in [-0.3, -0.25) is 18.9 Å². The highest BCUT2D eigenvalue weighted by Gasteiger charge is 2.31. The van der Waals surface area contributed by atoms with Crippen LogP contribution in [0.5, 0.6) is 0 Å². The van der Waals surface area contributed by atoms with Gasteiger partial charge in [-0.1, -0.05) is 0 Å². The second kappa shape index (κ2) is 5.97. The number of carbonyl (C=O) groups is 1. The van der Waals surface area contributed by atoms with Crippen LogP contribution < -0.4 is 5.73 Å². The van der Waals surface area contributed by atoms with E-state index in [1.807, 2.05) is 0 Å². The van der Waals surface area contributed by atoms with Gasteiger partial charge in [0.1, 0.15) is 23.7 Å². The smallest absolute Gasteiger partial charge is 0.364 e. The number of halogens is 5. The number of amides is 1. The Hall–Kier alpha value is -3.57. The van der Waals surface area contributed by atoms with Gasteiger partial charge in [0.15, 0.2) is 11.5 Å². The Bertz CT molecular complexity index is 1240. The number of primary amides is 1. The van der Waals surface area contributed by atoms with Gasteiger partial charge in [0, 0.05) is 23.8 Å². The van der Waals surface area contributed by atoms with Crippen molar-refractivity contribution in [2.24, 2.45) is 5.73 Å². The van der Waals surface area contributed by atoms with Crippen molar-refractivity contribution in [1.82, 2.24) is 24.1 Å². The van der Waals surface area contributed by atoms with Crippen molar-refractivity contribution < 1.29 is 26.7 Å². The number of imidazole rings is 1. The number of nitrogens with two attached hydrogens (primary N) is 1. The van der Waals surface area contributed by atoms with Gasteiger partial charge in [0.25, 0.3) is 5.91 Å². The highest BCUT2D eigenvalue weighted by Crippen LogP contribution is 2.31. The van der Waals surface area contributed by atoms with Gasteiger partial charge < -0.3 is 5.73 Å². The van der Waals surface area contributed by atoms with Crippen LogP contribution in [0.1, 0.15) is 10.5 Å². The van der Waals surface area contributed by atoms with E-state index in [0.29, 0.717) is 10.7 Å². The molecule has 0 aromatic carbocycles. The molecule has 7 nitrogen and oxygen atoms in total. The fourth-order valence-electron chi connectivity index (χ4n) is 2.87. The van der Waals surface area contributed by atoms with Crippen molar-refractivity contribution in [3.63, 3.8) is 0 Å². The van der Waals surface area contributed by atoms with E-state index in [2.05, 4.69) is 15.1 Å². The molecule has 0 spiro atoms. The molecule has 4 aromatic heterocycles. The van der Waals surface area contributed by atoms with Gasteiger partial charge in [-0.2, -0.15) is 18.3 Å². The van der Waals surface area contributed by atoms with Crippen molar-refractivity contribution in [3.05, 3.63) is 48.1 Å². The predicted octanol–water partition coefficient (Wildman–Crippen LogP) is 2.69. The molecule has 0 aliphatic carbocycles. The Balaban J connectivity index is 2.01. The second-order valence-electron chi connectivity index (χ2n) is 5.92. The molecule has 4 rings (SSSR count). The molecule has 0 bridgehead atoms. The highest BCUT2D eigenvalue weighted by atomic mass is 19.4. The van der Waals surface area contributed by atoms with E-state index in [9.17, 15) is 26.7 Å². The maximum Gasteiger partial charge on any atom is 0.408 e. The largest absolute Gasteiger partial charge is 0.408 e. The number of hydrogen-bond donors (Lipinski definition) is 1. The molecule has 1 amide bonds. The van der Waals surface area contributed by atoms with Crippen molar-refractivity contribution in [2.45, 2.75) is 12.7 Å². The molecular formula is C16H9F5N6O. The lowest BCUT2D eigenvalue weighted by molar-refractivity contribution is -0.141. The van der Waals surface area contributed by atoms with Gasteiger partial charge in [-0.05, 0) is 6.07 Å². The standard InChI is InChI=1S/C16H9F5N6O/c17-7-1-9(18)15-24-4-12(26(15)5-7)13-8-3-23-10(14(22)28)2-11(8)27(25-13)6-16(19,20)21/h1-5H,6H2,(H2,22,28). The van der Waals surface area contributed by atoms with Gasteiger partial charge >= 0.3 is 6.18 Å². The summed E-state index contributed by atoms with van der Waals surface area (Å²) in [4.78, 5) is 19.0. The molecule has 0 fully saturated rings. The second-order valence-corrected chi connectivity index (χ2v) is 5.92. The Morgan fingerprint density at radius 2 is 1.89 bits per heavy atom. The third-order valence-corrected chi connectivity index (χ3v) is 3.99. The van der Waals surface area contributed by atoms with Gasteiger partial charge in [-0.25, -0.2) is 13.8 Å². The molecule has 2 N–H and O–H groups in total. The Kier molecular flexibility index (Phi) is 3.80. The van der Waals surface area contributed by atoms with Crippen LogP contribution in [-0.4, -0.2) is 36.2 Å². The molecule has 0 radical (unpaired) electrons. The summed E-state index contributed by atoms with van der Waals surface area (Å²) in [5, 5.41) is 4.05. The molecular weight excluding hydrogens is 387 g/mol. The van der Waals surface area contributed by atoms with Gasteiger partial charge in [0.05, 0.1) is 17.4 Å². The lowest BCUT2D eigenvalue weighted by Gasteiger charge is -2.07. The Morgan fingerprint density at radius 1 is 1.14 bits per heavy atom. The normalized spacial score (nSPS) is 12.2. The number of pyridine rings is 2. The zero-order valence-electron chi connectivity index (χ0n) is 13.7. The fourth-order valence-corrected chi connectivity index (χ4v) is 2.87. The first kappa shape index (κ1) is 17.8. The molecule has 4 heterocycles. The summed E-state index contributed by atoms with van der Waals surface area (Å²) in [6.45, 7) is -1.45. The van der Waals surface area contributed by atoms with Crippen LogP contribution in [0.15, 0.2) is 30.7 Å². The van der Waals surface area contributed by atoms with Gasteiger partial charge in [0.2, 0.25) is 0 Å². The minimum atomic E-state index is -4.61. The van der Waals surface area contributed by atoms with Crippen molar-refractivity contribution in [1.29, 1.82) is 0 Å². The fraction of sp³-hybridized carbons (Fsp3) is 0.125. The quantitative estimate of drug-likeness (QED) is 0.539. The van der Waals surface area contributed by atoms with E-state index in [0.717, 1.165) is 29.1 Å². The number of aromatic nitrogens is 5. The van der Waals surface area contributed by atoms with Crippen LogP contribution >= 0.6 is 0 Å². The highest BCUT2D eigenvalue weighted by molar-refractivity contribution is 5.98. The predicted molar refractivity (Wildman–Crippen MR) is 86.2 cm³/mol. The van der Waals surface area contributed by atoms with E-state index in [-0.39, 0.29) is 33.6 Å². The lowest BCUT2D eigenvalue weighted by Crippen LogP contribution is -2.19. The first-order chi connectivity index (χ1) is 13.1. The number of carbonyl (C=O) groups excluding carboxylic acids is 1. The first-order valence-electron chi connectivity index (χ1n) is 7.69. The van der Waals surface area contributed by atoms with E-state index in [1.165, 1.54) is 0 Å². The average molecular weight is 396 g/mol. The van der Waals surface area contributed by atoms with Crippen LogP contribution in [0.2, 0.25) is 0 Å². The maximum absolute atomic E-state index is 13.9. The number of fused-ring (bicyclic) bond motifs is 2. The molecule has 0 unspecified atom stereocenters. The van der Waals surface area contributed by atoms with Crippen molar-refractivity contribution in [2.75, 3.05) is 0 Å². The topological polar surface area (TPSA) is 91.1 Å². The molecule has 0 atom stereocenters. The average Bonchev–Trinajstić information content (AvgIpc) is 3.14. The molecule has 0 saturated carbocycles. The molecule has 28 heavy (non-hydrogen) atoms. The first-order valence-corrected chi connectivity index (χ1v) is 7.69. The summed E-state index contributed by atoms with van der Waals surface area (Å²) in [7, 11) is 0. The number of hydrogen-bond acceptors (Lipinski definition) is 4. The number of rotatable bonds is 3. The van der Waals surface area contributed by atoms with Crippen LogP contribution in [0.3, 0.4) is 0 Å². The van der Waals surface area contributed by atoms with Crippen LogP contribution in [-0.2, 0) is 6.54 Å². The summed E-state index contributed by atoms with van der Waals surface area (Å²) in [6.07, 6.45) is -1.40. The van der Waals surface area contributed by atoms with Crippen LogP contribution in [0.25, 0.3) is 27.9 Å². The summed E-state index contributed by atoms with van der Waals surface area (Å²) < 4.78 is 68.0. The van der Waals surface area contributed by atoms with Crippen molar-refractivity contribution in [3.8, 4) is 11.4 Å². The third kappa shape index (κ3) is 2.92. The summed E-state index contributed by atoms with van der Waals surface area (Å²) in [6, 6.07) is 1.71. The van der Waals surface area contributed by atoms with E-state index in [4.69, 9.17) is 5.73 Å². The summed E-state index contributed by atoms with van der Waals surface area (Å²) in [5.41, 5.74) is 4.60. The van der Waals surface area contributed by atoms with E-state index >= 15 is 0 Å². The van der Waals surface area contributed by atoms with E-state index < -0.39 is 30.3 Å². The van der Waals surface area contributed by atoms with Crippen molar-refractivity contribution >= 4 is 22.5 Å². The summed E-state index contributed by atoms with van der Waals surface area (Å²) in [5.74, 6) is -2.78. The summed E-state index contributed by atoms with van der Waals surface area (Å²) >= 11 is 0. The Labute approximate surface area is 152 Å². The minimum Gasteiger partial charge on any atom is -0.364 e. The molecule has 0 aliphatic heterocycles. The molecule has 0 aliphatic rings. The van der Waals surface area contributed by atoms with E-state index in [1.54, 1.807) is 0 Å². The number of alkyl halides is 3. The van der Waals surface area contributed by atoms with Crippen LogP contribution in [0, 0.1) is 11.6 Å². The number of nitrogens with zero attached hydrogens (tertiary/aromatic N) is 5. The maximum atomic E-state index is 13.9. The monoisotopic (exact) mass is 396 g/mol. The lowest BCUT2D eigenvalue weighted by atomic mass is 10.2. The Morgan fingerprint density at radius 3 is 2.57 bits per heavy atom. The van der Waals surface area contributed by atoms with Crippen LogP contribution in [0.4, 0.5) is 22.0 Å². The SMILES string of the molecule is NC(=O)c1cc2c(cn1)c(-c1cnc3c(F)cc(F)cn13)nn2CC(F)(F)F. The molecule has 4 aromatic rings. The third-order valence-electron chi connectivity index (χ3n) is 3.99. The van der Waals surface area contributed by atoms with Gasteiger partial charge in [-0.15, -0.1) is 0 Å².